The van der Waals surface area contributed by atoms with Crippen molar-refractivity contribution in [1.82, 2.24) is 0 Å². The molecule has 102 valence electrons. The molecule has 0 saturated heterocycles. The molecule has 3 N–H and O–H groups in total. The minimum absolute atomic E-state index is 0. The highest BCUT2D eigenvalue weighted by Gasteiger charge is 2.08. The van der Waals surface area contributed by atoms with Crippen molar-refractivity contribution in [3.8, 4) is 5.75 Å². The topological polar surface area (TPSA) is 64.3 Å². The van der Waals surface area contributed by atoms with Crippen molar-refractivity contribution < 1.29 is 9.53 Å². The lowest BCUT2D eigenvalue weighted by atomic mass is 10.2. The number of halogens is 2. The molecule has 0 fully saturated rings. The average molecular weight is 338 g/mol. The molecule has 1 aromatic rings. The highest BCUT2D eigenvalue weighted by atomic mass is 79.9. The van der Waals surface area contributed by atoms with Crippen LogP contribution in [-0.4, -0.2) is 19.1 Å². The number of rotatable bonds is 5. The van der Waals surface area contributed by atoms with Gasteiger partial charge in [0.1, 0.15) is 5.75 Å². The Bertz CT molecular complexity index is 400. The van der Waals surface area contributed by atoms with Crippen molar-refractivity contribution >= 4 is 39.9 Å². The highest BCUT2D eigenvalue weighted by molar-refractivity contribution is 9.10. The molecule has 0 aliphatic carbocycles. The van der Waals surface area contributed by atoms with Crippen molar-refractivity contribution in [3.05, 3.63) is 22.7 Å². The van der Waals surface area contributed by atoms with Gasteiger partial charge in [0.25, 0.3) is 0 Å². The summed E-state index contributed by atoms with van der Waals surface area (Å²) in [6, 6.07) is 5.50. The van der Waals surface area contributed by atoms with Crippen LogP contribution >= 0.6 is 28.3 Å². The zero-order valence-electron chi connectivity index (χ0n) is 10.4. The average Bonchev–Trinajstić information content (AvgIpc) is 2.27. The third kappa shape index (κ3) is 5.71. The smallest absolute Gasteiger partial charge is 0.224 e. The van der Waals surface area contributed by atoms with E-state index in [-0.39, 0.29) is 24.4 Å². The quantitative estimate of drug-likeness (QED) is 0.868. The first-order chi connectivity index (χ1) is 8.02. The maximum absolute atomic E-state index is 11.7. The Kier molecular flexibility index (Phi) is 7.98. The summed E-state index contributed by atoms with van der Waals surface area (Å²) in [7, 11) is 1.57. The van der Waals surface area contributed by atoms with Crippen molar-refractivity contribution in [2.75, 3.05) is 12.4 Å². The maximum atomic E-state index is 11.7. The predicted octanol–water partition coefficient (Wildman–Crippen LogP) is 2.95. The molecule has 6 heteroatoms. The molecule has 0 bridgehead atoms. The first-order valence-corrected chi connectivity index (χ1v) is 6.21. The van der Waals surface area contributed by atoms with E-state index in [0.29, 0.717) is 24.3 Å². The number of ether oxygens (including phenoxy) is 1. The monoisotopic (exact) mass is 336 g/mol. The van der Waals surface area contributed by atoms with E-state index in [0.717, 1.165) is 4.47 Å². The van der Waals surface area contributed by atoms with Gasteiger partial charge in [0, 0.05) is 16.9 Å². The van der Waals surface area contributed by atoms with Crippen LogP contribution in [0.1, 0.15) is 19.8 Å². The highest BCUT2D eigenvalue weighted by Crippen LogP contribution is 2.27. The van der Waals surface area contributed by atoms with E-state index < -0.39 is 0 Å². The predicted molar refractivity (Wildman–Crippen MR) is 79.5 cm³/mol. The number of benzene rings is 1. The largest absolute Gasteiger partial charge is 0.495 e. The zero-order chi connectivity index (χ0) is 12.8. The number of amides is 1. The number of anilines is 1. The van der Waals surface area contributed by atoms with Crippen LogP contribution in [0.3, 0.4) is 0 Å². The number of carbonyl (C=O) groups is 1. The van der Waals surface area contributed by atoms with E-state index >= 15 is 0 Å². The summed E-state index contributed by atoms with van der Waals surface area (Å²) in [5, 5.41) is 2.81. The van der Waals surface area contributed by atoms with Gasteiger partial charge in [0.05, 0.1) is 12.8 Å². The van der Waals surface area contributed by atoms with Gasteiger partial charge in [-0.05, 0) is 31.5 Å². The van der Waals surface area contributed by atoms with E-state index in [4.69, 9.17) is 10.5 Å². The second-order valence-electron chi connectivity index (χ2n) is 3.91. The van der Waals surface area contributed by atoms with Crippen LogP contribution in [-0.2, 0) is 4.79 Å². The van der Waals surface area contributed by atoms with Gasteiger partial charge in [-0.2, -0.15) is 0 Å². The van der Waals surface area contributed by atoms with E-state index in [1.807, 2.05) is 19.1 Å². The van der Waals surface area contributed by atoms with Gasteiger partial charge in [0.15, 0.2) is 0 Å². The first kappa shape index (κ1) is 17.2. The molecule has 4 nitrogen and oxygen atoms in total. The van der Waals surface area contributed by atoms with Gasteiger partial charge in [-0.15, -0.1) is 12.4 Å². The lowest BCUT2D eigenvalue weighted by molar-refractivity contribution is -0.116. The number of carbonyl (C=O) groups excluding carboxylic acids is 1. The summed E-state index contributed by atoms with van der Waals surface area (Å²) in [6.45, 7) is 1.88. The molecule has 1 aromatic carbocycles. The number of methoxy groups -OCH3 is 1. The first-order valence-electron chi connectivity index (χ1n) is 5.42. The summed E-state index contributed by atoms with van der Waals surface area (Å²) in [6.07, 6.45) is 1.08. The molecule has 18 heavy (non-hydrogen) atoms. The maximum Gasteiger partial charge on any atom is 0.224 e. The lowest BCUT2D eigenvalue weighted by Crippen LogP contribution is -2.19. The number of nitrogens with two attached hydrogens (primary N) is 1. The van der Waals surface area contributed by atoms with Gasteiger partial charge in [-0.25, -0.2) is 0 Å². The van der Waals surface area contributed by atoms with Gasteiger partial charge < -0.3 is 15.8 Å². The Morgan fingerprint density at radius 1 is 1.56 bits per heavy atom. The van der Waals surface area contributed by atoms with E-state index in [2.05, 4.69) is 21.2 Å². The molecule has 0 aromatic heterocycles. The lowest BCUT2D eigenvalue weighted by Gasteiger charge is -2.11. The summed E-state index contributed by atoms with van der Waals surface area (Å²) >= 11 is 3.35. The van der Waals surface area contributed by atoms with Crippen molar-refractivity contribution in [1.29, 1.82) is 0 Å². The molecule has 1 amide bonds. The van der Waals surface area contributed by atoms with Gasteiger partial charge >= 0.3 is 0 Å². The van der Waals surface area contributed by atoms with Gasteiger partial charge in [-0.1, -0.05) is 15.9 Å². The molecule has 0 aliphatic rings. The second kappa shape index (κ2) is 8.34. The van der Waals surface area contributed by atoms with Gasteiger partial charge in [0.2, 0.25) is 5.91 Å². The molecule has 0 radical (unpaired) electrons. The van der Waals surface area contributed by atoms with Crippen LogP contribution in [0.4, 0.5) is 5.69 Å². The summed E-state index contributed by atoms with van der Waals surface area (Å²) < 4.78 is 6.06. The number of hydrogen-bond donors (Lipinski definition) is 2. The minimum atomic E-state index is -0.0568. The normalized spacial score (nSPS) is 11.3. The number of nitrogens with one attached hydrogen (secondary N) is 1. The fraction of sp³-hybridized carbons (Fsp3) is 0.417. The van der Waals surface area contributed by atoms with Crippen molar-refractivity contribution in [3.63, 3.8) is 0 Å². The Labute approximate surface area is 122 Å². The van der Waals surface area contributed by atoms with E-state index in [1.54, 1.807) is 13.2 Å². The Hall–Kier alpha value is -0.780. The van der Waals surface area contributed by atoms with E-state index in [9.17, 15) is 4.79 Å². The zero-order valence-corrected chi connectivity index (χ0v) is 12.8. The molecule has 1 unspecified atom stereocenters. The summed E-state index contributed by atoms with van der Waals surface area (Å²) in [5.41, 5.74) is 6.27. The molecular formula is C12H18BrClN2O2. The summed E-state index contributed by atoms with van der Waals surface area (Å²) in [5.74, 6) is 0.584. The summed E-state index contributed by atoms with van der Waals surface area (Å²) in [4.78, 5) is 11.7. The van der Waals surface area contributed by atoms with Crippen molar-refractivity contribution in [2.24, 2.45) is 5.73 Å². The Balaban J connectivity index is 0.00000289. The molecule has 0 aliphatic heterocycles. The van der Waals surface area contributed by atoms with Crippen LogP contribution < -0.4 is 15.8 Å². The van der Waals surface area contributed by atoms with Crippen molar-refractivity contribution in [2.45, 2.75) is 25.8 Å². The molecule has 0 heterocycles. The second-order valence-corrected chi connectivity index (χ2v) is 4.82. The van der Waals surface area contributed by atoms with Crippen LogP contribution in [0.25, 0.3) is 0 Å². The molecule has 0 spiro atoms. The Morgan fingerprint density at radius 2 is 2.22 bits per heavy atom. The standard InChI is InChI=1S/C12H17BrN2O2.ClH/c1-8(14)3-6-12(16)15-10-7-9(13)4-5-11(10)17-2;/h4-5,7-8H,3,6,14H2,1-2H3,(H,15,16);1H. The van der Waals surface area contributed by atoms with Gasteiger partial charge in [-0.3, -0.25) is 4.79 Å². The molecule has 1 atom stereocenters. The van der Waals surface area contributed by atoms with E-state index in [1.165, 1.54) is 0 Å². The van der Waals surface area contributed by atoms with Crippen LogP contribution in [0.15, 0.2) is 22.7 Å². The minimum Gasteiger partial charge on any atom is -0.495 e. The fourth-order valence-electron chi connectivity index (χ4n) is 1.35. The number of hydrogen-bond acceptors (Lipinski definition) is 3. The van der Waals surface area contributed by atoms with Crippen LogP contribution in [0.5, 0.6) is 5.75 Å². The van der Waals surface area contributed by atoms with Crippen LogP contribution in [0.2, 0.25) is 0 Å². The molecule has 1 rings (SSSR count). The molecule has 0 saturated carbocycles. The van der Waals surface area contributed by atoms with Crippen LogP contribution in [0, 0.1) is 0 Å². The Morgan fingerprint density at radius 3 is 2.78 bits per heavy atom. The fourth-order valence-corrected chi connectivity index (χ4v) is 1.71. The molecular weight excluding hydrogens is 320 g/mol. The SMILES string of the molecule is COc1ccc(Br)cc1NC(=O)CCC(C)N.Cl. The third-order valence-corrected chi connectivity index (χ3v) is 2.76. The third-order valence-electron chi connectivity index (χ3n) is 2.26.